The first-order valence-corrected chi connectivity index (χ1v) is 7.12. The van der Waals surface area contributed by atoms with Gasteiger partial charge in [-0.3, -0.25) is 0 Å². The van der Waals surface area contributed by atoms with Crippen molar-refractivity contribution in [3.63, 3.8) is 0 Å². The molecular formula is C13H21NOS. The maximum Gasteiger partial charge on any atom is 0.0594 e. The largest absolute Gasteiger partial charge is 0.377 e. The molecule has 1 aromatic heterocycles. The van der Waals surface area contributed by atoms with Gasteiger partial charge < -0.3 is 10.1 Å². The van der Waals surface area contributed by atoms with Gasteiger partial charge in [-0.1, -0.05) is 18.9 Å². The Morgan fingerprint density at radius 2 is 2.31 bits per heavy atom. The quantitative estimate of drug-likeness (QED) is 0.769. The summed E-state index contributed by atoms with van der Waals surface area (Å²) in [5.41, 5.74) is 0. The molecule has 0 radical (unpaired) electrons. The summed E-state index contributed by atoms with van der Waals surface area (Å²) in [6, 6.07) is 4.74. The molecule has 0 aliphatic heterocycles. The summed E-state index contributed by atoms with van der Waals surface area (Å²) in [6.45, 7) is 4.01. The highest BCUT2D eigenvalue weighted by atomic mass is 32.1. The van der Waals surface area contributed by atoms with Gasteiger partial charge in [0.2, 0.25) is 0 Å². The van der Waals surface area contributed by atoms with Gasteiger partial charge in [0, 0.05) is 17.5 Å². The summed E-state index contributed by atoms with van der Waals surface area (Å²) in [5.74, 6) is 0. The first kappa shape index (κ1) is 12.1. The predicted octanol–water partition coefficient (Wildman–Crippen LogP) is 3.36. The molecule has 1 heterocycles. The fraction of sp³-hybridized carbons (Fsp3) is 0.692. The zero-order valence-corrected chi connectivity index (χ0v) is 10.8. The maximum atomic E-state index is 5.81. The lowest BCUT2D eigenvalue weighted by atomic mass is 10.3. The molecule has 0 amide bonds. The third-order valence-corrected chi connectivity index (χ3v) is 4.23. The van der Waals surface area contributed by atoms with Crippen LogP contribution in [0.5, 0.6) is 0 Å². The van der Waals surface area contributed by atoms with E-state index in [1.165, 1.54) is 30.6 Å². The molecule has 2 rings (SSSR count). The van der Waals surface area contributed by atoms with Gasteiger partial charge >= 0.3 is 0 Å². The average Bonchev–Trinajstić information content (AvgIpc) is 2.96. The van der Waals surface area contributed by atoms with Gasteiger partial charge in [0.25, 0.3) is 0 Å². The highest BCUT2D eigenvalue weighted by molar-refractivity contribution is 7.10. The van der Waals surface area contributed by atoms with Crippen molar-refractivity contribution in [1.29, 1.82) is 0 Å². The number of ether oxygens (including phenoxy) is 1. The Bertz CT molecular complexity index is 280. The molecule has 1 aliphatic rings. The number of hydrogen-bond donors (Lipinski definition) is 1. The highest BCUT2D eigenvalue weighted by Crippen LogP contribution is 2.21. The number of rotatable bonds is 6. The SMILES string of the molecule is CC(NCCOC1CCCC1)c1cccs1. The van der Waals surface area contributed by atoms with Crippen LogP contribution in [0.15, 0.2) is 17.5 Å². The van der Waals surface area contributed by atoms with E-state index in [9.17, 15) is 0 Å². The Hall–Kier alpha value is -0.380. The molecule has 2 nitrogen and oxygen atoms in total. The topological polar surface area (TPSA) is 21.3 Å². The lowest BCUT2D eigenvalue weighted by Gasteiger charge is -2.14. The van der Waals surface area contributed by atoms with E-state index in [1.807, 2.05) is 11.3 Å². The van der Waals surface area contributed by atoms with Crippen LogP contribution in [-0.2, 0) is 4.74 Å². The Labute approximate surface area is 102 Å². The first-order valence-electron chi connectivity index (χ1n) is 6.24. The Morgan fingerprint density at radius 3 is 3.00 bits per heavy atom. The molecule has 1 saturated carbocycles. The smallest absolute Gasteiger partial charge is 0.0594 e. The van der Waals surface area contributed by atoms with Crippen molar-refractivity contribution in [2.24, 2.45) is 0 Å². The highest BCUT2D eigenvalue weighted by Gasteiger charge is 2.14. The van der Waals surface area contributed by atoms with E-state index in [4.69, 9.17) is 4.74 Å². The van der Waals surface area contributed by atoms with E-state index in [0.717, 1.165) is 13.2 Å². The number of hydrogen-bond acceptors (Lipinski definition) is 3. The predicted molar refractivity (Wildman–Crippen MR) is 68.9 cm³/mol. The molecule has 1 aliphatic carbocycles. The third-order valence-electron chi connectivity index (χ3n) is 3.18. The van der Waals surface area contributed by atoms with Gasteiger partial charge in [0.1, 0.15) is 0 Å². The van der Waals surface area contributed by atoms with Crippen LogP contribution in [-0.4, -0.2) is 19.3 Å². The zero-order valence-electron chi connectivity index (χ0n) is 9.95. The lowest BCUT2D eigenvalue weighted by molar-refractivity contribution is 0.0594. The summed E-state index contributed by atoms with van der Waals surface area (Å²) in [6.07, 6.45) is 5.77. The van der Waals surface area contributed by atoms with E-state index >= 15 is 0 Å². The standard InChI is InChI=1S/C13H21NOS/c1-11(13-7-4-10-16-13)14-8-9-15-12-5-2-3-6-12/h4,7,10-12,14H,2-3,5-6,8-9H2,1H3. The van der Waals surface area contributed by atoms with Crippen LogP contribution >= 0.6 is 11.3 Å². The minimum Gasteiger partial charge on any atom is -0.377 e. The summed E-state index contributed by atoms with van der Waals surface area (Å²) in [4.78, 5) is 1.40. The third kappa shape index (κ3) is 3.58. The summed E-state index contributed by atoms with van der Waals surface area (Å²) >= 11 is 1.81. The summed E-state index contributed by atoms with van der Waals surface area (Å²) < 4.78 is 5.81. The molecule has 0 aromatic carbocycles. The van der Waals surface area contributed by atoms with E-state index in [0.29, 0.717) is 12.1 Å². The van der Waals surface area contributed by atoms with Gasteiger partial charge in [-0.05, 0) is 31.2 Å². The fourth-order valence-corrected chi connectivity index (χ4v) is 2.95. The van der Waals surface area contributed by atoms with Crippen LogP contribution in [0.2, 0.25) is 0 Å². The molecular weight excluding hydrogens is 218 g/mol. The Balaban J connectivity index is 1.57. The molecule has 0 spiro atoms. The van der Waals surface area contributed by atoms with Gasteiger partial charge in [-0.15, -0.1) is 11.3 Å². The second kappa shape index (κ2) is 6.38. The van der Waals surface area contributed by atoms with Crippen LogP contribution in [0.1, 0.15) is 43.5 Å². The van der Waals surface area contributed by atoms with Gasteiger partial charge in [-0.2, -0.15) is 0 Å². The molecule has 1 atom stereocenters. The average molecular weight is 239 g/mol. The van der Waals surface area contributed by atoms with Crippen LogP contribution in [0.25, 0.3) is 0 Å². The molecule has 0 saturated heterocycles. The number of nitrogens with one attached hydrogen (secondary N) is 1. The molecule has 1 N–H and O–H groups in total. The minimum atomic E-state index is 0.451. The van der Waals surface area contributed by atoms with E-state index in [-0.39, 0.29) is 0 Å². The molecule has 3 heteroatoms. The van der Waals surface area contributed by atoms with Gasteiger partial charge in [-0.25, -0.2) is 0 Å². The second-order valence-corrected chi connectivity index (χ2v) is 5.45. The Kier molecular flexibility index (Phi) is 4.82. The van der Waals surface area contributed by atoms with Crippen LogP contribution in [0, 0.1) is 0 Å². The number of thiophene rings is 1. The van der Waals surface area contributed by atoms with Crippen molar-refractivity contribution < 1.29 is 4.74 Å². The second-order valence-electron chi connectivity index (χ2n) is 4.47. The summed E-state index contributed by atoms with van der Waals surface area (Å²) in [7, 11) is 0. The van der Waals surface area contributed by atoms with Crippen molar-refractivity contribution >= 4 is 11.3 Å². The van der Waals surface area contributed by atoms with Crippen molar-refractivity contribution in [3.8, 4) is 0 Å². The van der Waals surface area contributed by atoms with E-state index in [1.54, 1.807) is 0 Å². The maximum absolute atomic E-state index is 5.81. The van der Waals surface area contributed by atoms with E-state index < -0.39 is 0 Å². The van der Waals surface area contributed by atoms with Crippen LogP contribution in [0.4, 0.5) is 0 Å². The van der Waals surface area contributed by atoms with Crippen molar-refractivity contribution in [1.82, 2.24) is 5.32 Å². The summed E-state index contributed by atoms with van der Waals surface area (Å²) in [5, 5.41) is 5.62. The van der Waals surface area contributed by atoms with Gasteiger partial charge in [0.05, 0.1) is 12.7 Å². The van der Waals surface area contributed by atoms with Crippen molar-refractivity contribution in [3.05, 3.63) is 22.4 Å². The fourth-order valence-electron chi connectivity index (χ4n) is 2.19. The lowest BCUT2D eigenvalue weighted by Crippen LogP contribution is -2.24. The Morgan fingerprint density at radius 1 is 1.50 bits per heavy atom. The van der Waals surface area contributed by atoms with Crippen molar-refractivity contribution in [2.75, 3.05) is 13.2 Å². The van der Waals surface area contributed by atoms with E-state index in [2.05, 4.69) is 29.8 Å². The van der Waals surface area contributed by atoms with Crippen molar-refractivity contribution in [2.45, 2.75) is 44.8 Å². The van der Waals surface area contributed by atoms with Crippen LogP contribution in [0.3, 0.4) is 0 Å². The molecule has 1 aromatic rings. The monoisotopic (exact) mass is 239 g/mol. The first-order chi connectivity index (χ1) is 7.86. The van der Waals surface area contributed by atoms with Gasteiger partial charge in [0.15, 0.2) is 0 Å². The molecule has 1 fully saturated rings. The minimum absolute atomic E-state index is 0.451. The molecule has 1 unspecified atom stereocenters. The normalized spacial score (nSPS) is 19.1. The van der Waals surface area contributed by atoms with Crippen LogP contribution < -0.4 is 5.32 Å². The zero-order chi connectivity index (χ0) is 11.2. The molecule has 90 valence electrons. The molecule has 16 heavy (non-hydrogen) atoms. The molecule has 0 bridgehead atoms.